The van der Waals surface area contributed by atoms with Gasteiger partial charge < -0.3 is 0 Å². The minimum Gasteiger partial charge on any atom is -0.293 e. The third-order valence-electron chi connectivity index (χ3n) is 2.87. The van der Waals surface area contributed by atoms with Crippen molar-refractivity contribution in [1.29, 1.82) is 0 Å². The highest BCUT2D eigenvalue weighted by molar-refractivity contribution is 7.93. The normalized spacial score (nSPS) is 11.1. The molecule has 21 heavy (non-hydrogen) atoms. The lowest BCUT2D eigenvalue weighted by Crippen LogP contribution is -2.32. The average molecular weight is 308 g/mol. The largest absolute Gasteiger partial charge is 0.293 e. The zero-order valence-electron chi connectivity index (χ0n) is 11.2. The summed E-state index contributed by atoms with van der Waals surface area (Å²) in [5.74, 6) is -1.56. The molecule has 7 heteroatoms. The van der Waals surface area contributed by atoms with Crippen molar-refractivity contribution in [2.24, 2.45) is 0 Å². The second-order valence-corrected chi connectivity index (χ2v) is 6.34. The fourth-order valence-electron chi connectivity index (χ4n) is 1.66. The Balaban J connectivity index is 2.17. The van der Waals surface area contributed by atoms with Crippen LogP contribution in [0, 0.1) is 5.82 Å². The molecule has 0 aliphatic heterocycles. The summed E-state index contributed by atoms with van der Waals surface area (Å²) in [7, 11) is -2.51. The van der Waals surface area contributed by atoms with E-state index in [0.29, 0.717) is 0 Å². The van der Waals surface area contributed by atoms with Gasteiger partial charge in [0, 0.05) is 18.8 Å². The van der Waals surface area contributed by atoms with Crippen molar-refractivity contribution in [3.63, 3.8) is 0 Å². The molecule has 0 atom stereocenters. The SMILES string of the molecule is CN(c1ccccn1)S(=O)(=O)CC(=O)c1ccc(F)cc1. The van der Waals surface area contributed by atoms with Crippen molar-refractivity contribution in [3.05, 3.63) is 60.0 Å². The molecule has 110 valence electrons. The van der Waals surface area contributed by atoms with Gasteiger partial charge in [0.25, 0.3) is 0 Å². The molecule has 2 rings (SSSR count). The van der Waals surface area contributed by atoms with Crippen LogP contribution in [0.15, 0.2) is 48.7 Å². The Morgan fingerprint density at radius 2 is 1.86 bits per heavy atom. The summed E-state index contributed by atoms with van der Waals surface area (Å²) in [5.41, 5.74) is 0.148. The highest BCUT2D eigenvalue weighted by atomic mass is 32.2. The number of halogens is 1. The molecule has 0 N–H and O–H groups in total. The number of hydrogen-bond donors (Lipinski definition) is 0. The van der Waals surface area contributed by atoms with Gasteiger partial charge in [-0.05, 0) is 36.4 Å². The molecule has 1 aromatic carbocycles. The van der Waals surface area contributed by atoms with Crippen molar-refractivity contribution >= 4 is 21.6 Å². The molecule has 0 bridgehead atoms. The molecule has 0 aliphatic rings. The van der Waals surface area contributed by atoms with Gasteiger partial charge in [0.05, 0.1) is 0 Å². The molecular formula is C14H13FN2O3S. The summed E-state index contributed by atoms with van der Waals surface area (Å²) in [4.78, 5) is 15.9. The van der Waals surface area contributed by atoms with Crippen LogP contribution < -0.4 is 4.31 Å². The number of Topliss-reactive ketones (excluding diaryl/α,β-unsaturated/α-hetero) is 1. The van der Waals surface area contributed by atoms with E-state index >= 15 is 0 Å². The molecule has 0 unspecified atom stereocenters. The van der Waals surface area contributed by atoms with E-state index in [-0.39, 0.29) is 11.4 Å². The zero-order chi connectivity index (χ0) is 15.5. The quantitative estimate of drug-likeness (QED) is 0.791. The van der Waals surface area contributed by atoms with Crippen LogP contribution in [0.5, 0.6) is 0 Å². The minimum absolute atomic E-state index is 0.148. The van der Waals surface area contributed by atoms with Crippen LogP contribution in [-0.2, 0) is 10.0 Å². The molecule has 0 spiro atoms. The first-order chi connectivity index (χ1) is 9.90. The van der Waals surface area contributed by atoms with Gasteiger partial charge >= 0.3 is 0 Å². The Bertz CT molecular complexity index is 731. The van der Waals surface area contributed by atoms with Crippen molar-refractivity contribution in [1.82, 2.24) is 4.98 Å². The first-order valence-electron chi connectivity index (χ1n) is 6.06. The van der Waals surface area contributed by atoms with Crippen LogP contribution in [0.3, 0.4) is 0 Å². The summed E-state index contributed by atoms with van der Waals surface area (Å²) in [5, 5.41) is 0. The molecule has 0 aliphatic carbocycles. The number of rotatable bonds is 5. The van der Waals surface area contributed by atoms with Gasteiger partial charge in [-0.25, -0.2) is 17.8 Å². The number of aromatic nitrogens is 1. The smallest absolute Gasteiger partial charge is 0.243 e. The maximum atomic E-state index is 12.8. The van der Waals surface area contributed by atoms with Crippen molar-refractivity contribution < 1.29 is 17.6 Å². The van der Waals surface area contributed by atoms with Gasteiger partial charge in [-0.2, -0.15) is 0 Å². The van der Waals surface area contributed by atoms with Gasteiger partial charge in [-0.1, -0.05) is 6.07 Å². The minimum atomic E-state index is -3.84. The van der Waals surface area contributed by atoms with Crippen LogP contribution in [0.4, 0.5) is 10.2 Å². The maximum absolute atomic E-state index is 12.8. The lowest BCUT2D eigenvalue weighted by Gasteiger charge is -2.17. The van der Waals surface area contributed by atoms with E-state index in [4.69, 9.17) is 0 Å². The summed E-state index contributed by atoms with van der Waals surface area (Å²) in [6, 6.07) is 9.58. The monoisotopic (exact) mass is 308 g/mol. The highest BCUT2D eigenvalue weighted by Gasteiger charge is 2.23. The molecule has 0 saturated heterocycles. The predicted molar refractivity (Wildman–Crippen MR) is 77.2 cm³/mol. The van der Waals surface area contributed by atoms with Crippen molar-refractivity contribution in [2.75, 3.05) is 17.1 Å². The summed E-state index contributed by atoms with van der Waals surface area (Å²) < 4.78 is 38.1. The zero-order valence-corrected chi connectivity index (χ0v) is 12.0. The van der Waals surface area contributed by atoms with Gasteiger partial charge in [-0.3, -0.25) is 9.10 Å². The molecule has 5 nitrogen and oxygen atoms in total. The Kier molecular flexibility index (Phi) is 4.32. The van der Waals surface area contributed by atoms with Gasteiger partial charge in [0.1, 0.15) is 17.4 Å². The van der Waals surface area contributed by atoms with E-state index in [0.717, 1.165) is 16.4 Å². The van der Waals surface area contributed by atoms with Gasteiger partial charge in [0.15, 0.2) is 5.78 Å². The van der Waals surface area contributed by atoms with E-state index in [9.17, 15) is 17.6 Å². The number of nitrogens with zero attached hydrogens (tertiary/aromatic N) is 2. The molecule has 0 radical (unpaired) electrons. The number of hydrogen-bond acceptors (Lipinski definition) is 4. The maximum Gasteiger partial charge on any atom is 0.243 e. The fraction of sp³-hybridized carbons (Fsp3) is 0.143. The first kappa shape index (κ1) is 15.1. The first-order valence-corrected chi connectivity index (χ1v) is 7.67. The fourth-order valence-corrected chi connectivity index (χ4v) is 2.75. The van der Waals surface area contributed by atoms with Crippen LogP contribution in [0.1, 0.15) is 10.4 Å². The summed E-state index contributed by atoms with van der Waals surface area (Å²) in [6.07, 6.45) is 1.46. The summed E-state index contributed by atoms with van der Waals surface area (Å²) >= 11 is 0. The molecule has 2 aromatic rings. The van der Waals surface area contributed by atoms with Crippen molar-refractivity contribution in [3.8, 4) is 0 Å². The number of anilines is 1. The Labute approximate surface area is 122 Å². The number of sulfonamides is 1. The van der Waals surface area contributed by atoms with E-state index in [2.05, 4.69) is 4.98 Å². The van der Waals surface area contributed by atoms with E-state index in [1.54, 1.807) is 12.1 Å². The third-order valence-corrected chi connectivity index (χ3v) is 4.52. The number of pyridine rings is 1. The number of carbonyl (C=O) groups excluding carboxylic acids is 1. The number of carbonyl (C=O) groups is 1. The molecule has 0 fully saturated rings. The predicted octanol–water partition coefficient (Wildman–Crippen LogP) is 1.87. The molecule has 1 heterocycles. The average Bonchev–Trinajstić information content (AvgIpc) is 2.47. The highest BCUT2D eigenvalue weighted by Crippen LogP contribution is 2.13. The Hall–Kier alpha value is -2.28. The van der Waals surface area contributed by atoms with E-state index in [1.165, 1.54) is 31.4 Å². The lowest BCUT2D eigenvalue weighted by atomic mass is 10.1. The topological polar surface area (TPSA) is 67.3 Å². The van der Waals surface area contributed by atoms with Crippen LogP contribution >= 0.6 is 0 Å². The third kappa shape index (κ3) is 3.63. The van der Waals surface area contributed by atoms with Crippen LogP contribution in [0.25, 0.3) is 0 Å². The molecule has 0 amide bonds. The van der Waals surface area contributed by atoms with E-state index < -0.39 is 27.4 Å². The van der Waals surface area contributed by atoms with E-state index in [1.807, 2.05) is 0 Å². The van der Waals surface area contributed by atoms with Gasteiger partial charge in [0.2, 0.25) is 10.0 Å². The molecular weight excluding hydrogens is 295 g/mol. The second-order valence-electron chi connectivity index (χ2n) is 4.34. The molecule has 1 aromatic heterocycles. The standard InChI is InChI=1S/C14H13FN2O3S/c1-17(14-4-2-3-9-16-14)21(19,20)10-13(18)11-5-7-12(15)8-6-11/h2-9H,10H2,1H3. The van der Waals surface area contributed by atoms with Crippen LogP contribution in [-0.4, -0.2) is 32.0 Å². The Morgan fingerprint density at radius 1 is 1.19 bits per heavy atom. The number of benzene rings is 1. The summed E-state index contributed by atoms with van der Waals surface area (Å²) in [6.45, 7) is 0. The van der Waals surface area contributed by atoms with Gasteiger partial charge in [-0.15, -0.1) is 0 Å². The second kappa shape index (κ2) is 6.01. The van der Waals surface area contributed by atoms with Crippen LogP contribution in [0.2, 0.25) is 0 Å². The van der Waals surface area contributed by atoms with Crippen molar-refractivity contribution in [2.45, 2.75) is 0 Å². The lowest BCUT2D eigenvalue weighted by molar-refractivity contribution is 0.102. The Morgan fingerprint density at radius 3 is 2.43 bits per heavy atom. The molecule has 0 saturated carbocycles. The number of ketones is 1.